The minimum absolute atomic E-state index is 0. The molecule has 3 N–H and O–H groups in total. The van der Waals surface area contributed by atoms with Crippen molar-refractivity contribution in [3.05, 3.63) is 136 Å². The molecule has 6 atom stereocenters. The molecule has 17 heterocycles. The number of likely N-dealkylation sites (N-methyl/N-ethyl adjacent to an activating group) is 1. The summed E-state index contributed by atoms with van der Waals surface area (Å²) in [5.74, 6) is 5.49. The molecule has 22 rings (SSSR count). The van der Waals surface area contributed by atoms with Gasteiger partial charge in [0.05, 0.1) is 76.0 Å². The fourth-order valence-electron chi connectivity index (χ4n) is 28.8. The van der Waals surface area contributed by atoms with E-state index in [9.17, 15) is 9.59 Å². The monoisotopic (exact) mass is 2150 g/mol. The molecule has 17 aliphatic heterocycles. The van der Waals surface area contributed by atoms with E-state index in [0.29, 0.717) is 98.4 Å². The van der Waals surface area contributed by atoms with Crippen LogP contribution in [0.3, 0.4) is 0 Å². The number of piperidine rings is 4. The van der Waals surface area contributed by atoms with Crippen molar-refractivity contribution in [1.82, 2.24) is 39.6 Å². The Morgan fingerprint density at radius 2 is 0.622 bits per heavy atom. The average molecular weight is 2150 g/mol. The average Bonchev–Trinajstić information content (AvgIpc) is 1.72. The number of nitrogens with zero attached hydrogens (tertiary/aromatic N) is 7. The zero-order valence-corrected chi connectivity index (χ0v) is 106. The Bertz CT molecular complexity index is 4930. The molecule has 18 fully saturated rings. The number of aryl methyl sites for hydroxylation is 4. The molecule has 1 aliphatic carbocycles. The van der Waals surface area contributed by atoms with E-state index in [4.69, 9.17) is 72.6 Å². The first kappa shape index (κ1) is 122. The van der Waals surface area contributed by atoms with Gasteiger partial charge in [-0.25, -0.2) is 14.3 Å². The van der Waals surface area contributed by atoms with E-state index in [-0.39, 0.29) is 97.6 Å². The molecule has 0 aromatic heterocycles. The third-order valence-electron chi connectivity index (χ3n) is 38.0. The molecule has 17 saturated heterocycles. The van der Waals surface area contributed by atoms with Gasteiger partial charge in [0.25, 0.3) is 0 Å². The predicted octanol–water partition coefficient (Wildman–Crippen LogP) is 14.1. The zero-order valence-electron chi connectivity index (χ0n) is 95.4. The molecule has 26 nitrogen and oxygen atoms in total. The van der Waals surface area contributed by atoms with Crippen LogP contribution in [0.2, 0.25) is 0 Å². The molecule has 1 saturated carbocycles. The quantitative estimate of drug-likeness (QED) is 0.0545. The van der Waals surface area contributed by atoms with Crippen molar-refractivity contribution < 1.29 is 132 Å². The topological polar surface area (TPSA) is 269 Å². The standard InChI is InChI=1S/C30H46N2O4.C26H40N2O2.C26H39NO2.C25H38N2O2.C11H20N2O3.3K.HO4P/c1-20-15-26(27(22(3)21(20)2)24-9-13-34-14-10-24)23-7-11-31(12-8-23)25-16-30(35-17-25)18-32(19-30)28(33)36-29(4,5)6;1-18-13-24(25(20(3)19(18)2)22-7-11-29-12-8-22)21-5-9-28(10-6-21)23-14-26(30-15-23)16-27(4)17-26;1-18-15-24(25(20(3)19(18)2)22-7-13-28-14-8-22)21-5-11-27(12-6-21)23-16-26(29-17-23)9-4-10-26;1-17-12-23(24(19(3)18(17)2)21-6-10-28-11-7-21)20-4-8-27(9-5-20)22-13-25(29-14-22)15-26-16-25;1-10(2,3)16-9(14)13-6-11(7-13)4-8(12)5-15-11;;;;1-4-5(2)3/h15,23-25H,7-14,16-19H2,1-6H3;13,21-23H,5-12,14-17H2,1-4H3;15,21-23H,4-14,16-17H2,1-3H3;12,20-22,26H,4-11,13-16H2,1-3H3;8H,4-7,12H2,1-3H3;;;;1H/q;;;;;;;+1;/p-1/t25-;2*23-;22-;8-;;;;/m00000..../s1. The van der Waals surface area contributed by atoms with Crippen molar-refractivity contribution in [2.45, 2.75) is 395 Å². The van der Waals surface area contributed by atoms with Crippen LogP contribution in [0.15, 0.2) is 24.3 Å². The van der Waals surface area contributed by atoms with Crippen LogP contribution in [-0.4, -0.2) is 377 Å². The second-order valence-electron chi connectivity index (χ2n) is 50.0. The Kier molecular flexibility index (Phi) is 44.1. The van der Waals surface area contributed by atoms with Gasteiger partial charge in [-0.2, -0.15) is 0 Å². The number of benzene rings is 4. The van der Waals surface area contributed by atoms with Gasteiger partial charge in [-0.3, -0.25) is 19.6 Å². The third kappa shape index (κ3) is 29.6. The molecule has 2 amide bonds. The molecular weight excluding hydrogens is 1960 g/mol. The summed E-state index contributed by atoms with van der Waals surface area (Å²) in [6.45, 7) is 67.3. The van der Waals surface area contributed by atoms with Crippen LogP contribution in [0.1, 0.15) is 354 Å². The van der Waals surface area contributed by atoms with Gasteiger partial charge in [0.1, 0.15) is 22.4 Å². The number of carbonyl (C=O) groups excluding carboxylic acids is 2. The number of nitrogens with one attached hydrogen (secondary N) is 1. The molecule has 4 aromatic rings. The van der Waals surface area contributed by atoms with Crippen LogP contribution in [0.4, 0.5) is 9.59 Å². The van der Waals surface area contributed by atoms with Crippen molar-refractivity contribution in [1.29, 1.82) is 0 Å². The molecule has 810 valence electrons. The second-order valence-corrected chi connectivity index (χ2v) is 50.6. The van der Waals surface area contributed by atoms with Crippen LogP contribution >= 0.6 is 8.25 Å². The van der Waals surface area contributed by atoms with Crippen molar-refractivity contribution in [2.24, 2.45) is 5.73 Å². The van der Waals surface area contributed by atoms with Crippen LogP contribution in [0, 0.1) is 83.1 Å². The first-order valence-electron chi connectivity index (χ1n) is 57.6. The SMILES string of the molecule is CC(C)(C)OC(=O)N1CC2(C[C@H](N)CO2)C1.Cc1cc(C2CCN([C@@H]3COC4(C3)CN(C(=O)OC(C)(C)C)C4)CC2)c(C2CCOCC2)c(C)c1C.Cc1cc(C2CCN([C@@H]3COC4(C3)CN(C)C4)CC2)c(C2CCOCC2)c(C)c1C.Cc1cc(C2CCN([C@@H]3COC4(CCC4)C3)CC2)c(C2CCOCC2)c(C)c1C.Cc1cc(C2CCN([C@@H]3COC4(CNC4)C3)CC2)c(C2CCOCC2)c(C)c1C.O=[P+]([O-])O[O-].[K+].[K][K]. The van der Waals surface area contributed by atoms with Gasteiger partial charge >= 0.3 is 135 Å². The Morgan fingerprint density at radius 3 is 0.838 bits per heavy atom. The Balaban J connectivity index is 0.000000138. The first-order valence-corrected chi connectivity index (χ1v) is 74.7. The molecule has 30 heteroatoms. The summed E-state index contributed by atoms with van der Waals surface area (Å²) in [4.78, 5) is 49.7. The molecule has 0 radical (unpaired) electrons. The zero-order chi connectivity index (χ0) is 105. The minimum atomic E-state index is -3.15. The van der Waals surface area contributed by atoms with Crippen LogP contribution in [-0.2, 0) is 61.3 Å². The number of amides is 2. The van der Waals surface area contributed by atoms with E-state index in [2.05, 4.69) is 149 Å². The summed E-state index contributed by atoms with van der Waals surface area (Å²) in [7, 11) is -0.950. The van der Waals surface area contributed by atoms with Crippen LogP contribution in [0.5, 0.6) is 0 Å². The van der Waals surface area contributed by atoms with Gasteiger partial charge in [-0.05, 0) is 501 Å². The number of hydrogen-bond donors (Lipinski definition) is 2. The van der Waals surface area contributed by atoms with E-state index < -0.39 is 19.5 Å². The van der Waals surface area contributed by atoms with Crippen LogP contribution in [0.25, 0.3) is 0 Å². The Morgan fingerprint density at radius 1 is 0.378 bits per heavy atom. The van der Waals surface area contributed by atoms with Gasteiger partial charge in [-0.15, -0.1) is 0 Å². The third-order valence-corrected chi connectivity index (χ3v) is 38.1. The van der Waals surface area contributed by atoms with Crippen molar-refractivity contribution in [3.63, 3.8) is 0 Å². The van der Waals surface area contributed by atoms with Gasteiger partial charge in [0.2, 0.25) is 0 Å². The molecule has 5 spiro atoms. The maximum absolute atomic E-state index is 12.4. The fraction of sp³-hybridized carbons (Fsp3) is 0.780. The Labute approximate surface area is 977 Å². The van der Waals surface area contributed by atoms with Gasteiger partial charge in [-0.1, -0.05) is 24.3 Å². The molecule has 4 aromatic carbocycles. The number of nitrogens with two attached hydrogens (primary N) is 1. The molecule has 148 heavy (non-hydrogen) atoms. The molecule has 1 unspecified atom stereocenters. The number of rotatable bonds is 13. The van der Waals surface area contributed by atoms with Crippen molar-refractivity contribution in [2.75, 3.05) is 198 Å². The van der Waals surface area contributed by atoms with E-state index in [0.717, 1.165) is 150 Å². The van der Waals surface area contributed by atoms with E-state index in [1.165, 1.54) is 281 Å². The van der Waals surface area contributed by atoms with E-state index in [1.54, 1.807) is 71.0 Å². The summed E-state index contributed by atoms with van der Waals surface area (Å²) in [6.07, 6.45) is 28.7. The molecule has 0 bridgehead atoms. The molecule has 18 aliphatic rings. The fourth-order valence-corrected chi connectivity index (χ4v) is 28.8. The number of hydrogen-bond acceptors (Lipinski definition) is 24. The maximum atomic E-state index is 12.4. The second kappa shape index (κ2) is 53.7. The summed E-state index contributed by atoms with van der Waals surface area (Å²) >= 11 is 2.50. The molecular formula is C118H183K3N9O17P. The van der Waals surface area contributed by atoms with E-state index >= 15 is 0 Å². The Hall–Kier alpha value is -0.331. The van der Waals surface area contributed by atoms with Gasteiger partial charge < -0.3 is 88.0 Å². The van der Waals surface area contributed by atoms with Crippen molar-refractivity contribution in [3.8, 4) is 0 Å². The first-order chi connectivity index (χ1) is 70.2. The summed E-state index contributed by atoms with van der Waals surface area (Å²) in [6, 6.07) is 12.7. The van der Waals surface area contributed by atoms with Crippen molar-refractivity contribution >= 4 is 83.6 Å². The predicted molar refractivity (Wildman–Crippen MR) is 578 cm³/mol. The number of carbonyl (C=O) groups is 2. The van der Waals surface area contributed by atoms with E-state index in [1.807, 2.05) is 41.5 Å². The van der Waals surface area contributed by atoms with Gasteiger partial charge in [0.15, 0.2) is 0 Å². The van der Waals surface area contributed by atoms with Gasteiger partial charge in [0, 0.05) is 109 Å². The summed E-state index contributed by atoms with van der Waals surface area (Å²) in [5, 5.41) is 11.9. The van der Waals surface area contributed by atoms with Crippen LogP contribution < -0.4 is 72.6 Å². The number of ether oxygens (including phenoxy) is 11. The summed E-state index contributed by atoms with van der Waals surface area (Å²) < 4.78 is 75.5. The summed E-state index contributed by atoms with van der Waals surface area (Å²) in [5.41, 5.74) is 36.5. The normalized spacial score (nSPS) is 26.9. The number of likely N-dealkylation sites (tertiary alicyclic amines) is 7.